The highest BCUT2D eigenvalue weighted by Crippen LogP contribution is 2.32. The molecule has 0 radical (unpaired) electrons. The zero-order valence-electron chi connectivity index (χ0n) is 14.7. The average Bonchev–Trinajstić information content (AvgIpc) is 3.13. The van der Waals surface area contributed by atoms with E-state index in [0.717, 1.165) is 23.1 Å². The van der Waals surface area contributed by atoms with Gasteiger partial charge in [-0.05, 0) is 37.3 Å². The number of aromatic nitrogens is 1. The Hall–Kier alpha value is -3.73. The van der Waals surface area contributed by atoms with E-state index in [-0.39, 0.29) is 12.1 Å². The number of nitrogens with zero attached hydrogens (tertiary/aromatic N) is 3. The third-order valence-corrected chi connectivity index (χ3v) is 4.94. The molecule has 1 saturated heterocycles. The molecular weight excluding hydrogens is 366 g/mol. The second-order valence-electron chi connectivity index (χ2n) is 6.70. The van der Waals surface area contributed by atoms with Crippen molar-refractivity contribution in [2.45, 2.75) is 19.0 Å². The number of benzene rings is 1. The number of pyridine rings is 1. The van der Waals surface area contributed by atoms with Gasteiger partial charge in [0.05, 0.1) is 17.6 Å². The summed E-state index contributed by atoms with van der Waals surface area (Å²) in [5.74, 6) is -2.24. The minimum absolute atomic E-state index is 0.165. The lowest BCUT2D eigenvalue weighted by atomic mass is 9.91. The van der Waals surface area contributed by atoms with E-state index >= 15 is 0 Å². The normalized spacial score (nSPS) is 19.1. The maximum absolute atomic E-state index is 14.2. The fourth-order valence-electron chi connectivity index (χ4n) is 3.50. The van der Waals surface area contributed by atoms with E-state index in [9.17, 15) is 23.6 Å². The zero-order chi connectivity index (χ0) is 20.1. The first kappa shape index (κ1) is 17.7. The highest BCUT2D eigenvalue weighted by atomic mass is 19.1. The third kappa shape index (κ3) is 2.52. The van der Waals surface area contributed by atoms with Crippen molar-refractivity contribution >= 4 is 17.5 Å². The molecule has 3 heterocycles. The Kier molecular flexibility index (Phi) is 3.89. The van der Waals surface area contributed by atoms with Gasteiger partial charge in [0.15, 0.2) is 0 Å². The molecule has 28 heavy (non-hydrogen) atoms. The summed E-state index contributed by atoms with van der Waals surface area (Å²) in [6.07, 6.45) is 3.41. The molecule has 1 unspecified atom stereocenters. The number of carbonyl (C=O) groups excluding carboxylic acids is 2. The van der Waals surface area contributed by atoms with Crippen LogP contribution < -0.4 is 5.32 Å². The minimum atomic E-state index is -1.74. The molecule has 1 fully saturated rings. The molecule has 1 aliphatic heterocycles. The van der Waals surface area contributed by atoms with Crippen LogP contribution >= 0.6 is 0 Å². The van der Waals surface area contributed by atoms with Crippen molar-refractivity contribution < 1.29 is 18.4 Å². The monoisotopic (exact) mass is 380 g/mol. The van der Waals surface area contributed by atoms with Crippen LogP contribution in [0.15, 0.2) is 48.8 Å². The number of nitriles is 1. The van der Waals surface area contributed by atoms with Gasteiger partial charge in [-0.15, -0.1) is 0 Å². The van der Waals surface area contributed by atoms with Crippen LogP contribution in [0, 0.1) is 23.0 Å². The van der Waals surface area contributed by atoms with Gasteiger partial charge in [-0.2, -0.15) is 5.26 Å². The van der Waals surface area contributed by atoms with Crippen LogP contribution in [0.2, 0.25) is 0 Å². The first-order valence-electron chi connectivity index (χ1n) is 8.43. The van der Waals surface area contributed by atoms with E-state index in [4.69, 9.17) is 0 Å². The van der Waals surface area contributed by atoms with Gasteiger partial charge in [0, 0.05) is 23.5 Å². The molecule has 0 spiro atoms. The van der Waals surface area contributed by atoms with Crippen LogP contribution in [0.25, 0.3) is 5.52 Å². The number of fused-ring (bicyclic) bond motifs is 1. The third-order valence-electron chi connectivity index (χ3n) is 4.94. The number of hydrogen-bond donors (Lipinski definition) is 1. The van der Waals surface area contributed by atoms with Crippen molar-refractivity contribution in [3.8, 4) is 6.07 Å². The Labute approximate surface area is 158 Å². The standard InChI is InChI=1S/C20H14F2N4O2/c1-20(15-8-13(21)5-6-16(15)22)18(27)26(19(28)24-20)11-12-10-25-7-3-2-4-17(25)14(12)9-23/h2-8,10H,11H2,1H3,(H,24,28). The van der Waals surface area contributed by atoms with Crippen LogP contribution in [0.1, 0.15) is 23.6 Å². The molecule has 140 valence electrons. The second kappa shape index (κ2) is 6.16. The van der Waals surface area contributed by atoms with Gasteiger partial charge in [0.1, 0.15) is 23.2 Å². The van der Waals surface area contributed by atoms with Crippen molar-refractivity contribution in [2.75, 3.05) is 0 Å². The molecule has 1 aliphatic rings. The number of nitrogens with one attached hydrogen (secondary N) is 1. The molecule has 0 aliphatic carbocycles. The topological polar surface area (TPSA) is 77.6 Å². The summed E-state index contributed by atoms with van der Waals surface area (Å²) in [7, 11) is 0. The van der Waals surface area contributed by atoms with Crippen molar-refractivity contribution in [1.82, 2.24) is 14.6 Å². The van der Waals surface area contributed by atoms with Crippen molar-refractivity contribution in [1.29, 1.82) is 5.26 Å². The van der Waals surface area contributed by atoms with E-state index in [2.05, 4.69) is 11.4 Å². The highest BCUT2D eigenvalue weighted by Gasteiger charge is 2.50. The van der Waals surface area contributed by atoms with E-state index in [1.54, 1.807) is 35.0 Å². The Balaban J connectivity index is 1.73. The summed E-state index contributed by atoms with van der Waals surface area (Å²) in [4.78, 5) is 26.4. The van der Waals surface area contributed by atoms with Gasteiger partial charge >= 0.3 is 6.03 Å². The number of halogens is 2. The number of carbonyl (C=O) groups is 2. The lowest BCUT2D eigenvalue weighted by molar-refractivity contribution is -0.131. The van der Waals surface area contributed by atoms with Crippen molar-refractivity contribution in [3.63, 3.8) is 0 Å². The molecule has 1 aromatic carbocycles. The summed E-state index contributed by atoms with van der Waals surface area (Å²) in [5, 5.41) is 11.9. The van der Waals surface area contributed by atoms with Gasteiger partial charge in [-0.25, -0.2) is 13.6 Å². The average molecular weight is 380 g/mol. The maximum Gasteiger partial charge on any atom is 0.325 e. The number of imide groups is 1. The Morgan fingerprint density at radius 2 is 2.00 bits per heavy atom. The first-order chi connectivity index (χ1) is 13.3. The van der Waals surface area contributed by atoms with Gasteiger partial charge < -0.3 is 9.72 Å². The van der Waals surface area contributed by atoms with Crippen LogP contribution in [-0.4, -0.2) is 21.2 Å². The fourth-order valence-corrected chi connectivity index (χ4v) is 3.50. The Bertz CT molecular complexity index is 1180. The highest BCUT2D eigenvalue weighted by molar-refractivity contribution is 6.07. The number of amides is 3. The lowest BCUT2D eigenvalue weighted by Crippen LogP contribution is -2.41. The maximum atomic E-state index is 14.2. The summed E-state index contributed by atoms with van der Waals surface area (Å²) in [5.41, 5.74) is -0.537. The molecular formula is C20H14F2N4O2. The van der Waals surface area contributed by atoms with E-state index in [1.165, 1.54) is 6.92 Å². The lowest BCUT2D eigenvalue weighted by Gasteiger charge is -2.22. The summed E-state index contributed by atoms with van der Waals surface area (Å²) < 4.78 is 29.6. The smallest absolute Gasteiger partial charge is 0.322 e. The zero-order valence-corrected chi connectivity index (χ0v) is 14.7. The molecule has 4 rings (SSSR count). The largest absolute Gasteiger partial charge is 0.325 e. The first-order valence-corrected chi connectivity index (χ1v) is 8.43. The summed E-state index contributed by atoms with van der Waals surface area (Å²) in [6.45, 7) is 1.16. The SMILES string of the molecule is CC1(c2cc(F)ccc2F)NC(=O)N(Cc2cn3ccccc3c2C#N)C1=O. The molecule has 3 aromatic rings. The number of rotatable bonds is 3. The van der Waals surface area contributed by atoms with Crippen molar-refractivity contribution in [3.05, 3.63) is 77.1 Å². The van der Waals surface area contributed by atoms with Crippen LogP contribution in [-0.2, 0) is 16.9 Å². The molecule has 2 aromatic heterocycles. The molecule has 0 saturated carbocycles. The minimum Gasteiger partial charge on any atom is -0.322 e. The molecule has 0 bridgehead atoms. The van der Waals surface area contributed by atoms with Gasteiger partial charge in [-0.1, -0.05) is 6.07 Å². The fraction of sp³-hybridized carbons (Fsp3) is 0.150. The Morgan fingerprint density at radius 1 is 1.21 bits per heavy atom. The molecule has 8 heteroatoms. The van der Waals surface area contributed by atoms with Crippen molar-refractivity contribution in [2.24, 2.45) is 0 Å². The second-order valence-corrected chi connectivity index (χ2v) is 6.70. The van der Waals surface area contributed by atoms with Gasteiger partial charge in [-0.3, -0.25) is 9.69 Å². The van der Waals surface area contributed by atoms with Crippen LogP contribution in [0.3, 0.4) is 0 Å². The Morgan fingerprint density at radius 3 is 2.75 bits per heavy atom. The predicted octanol–water partition coefficient (Wildman–Crippen LogP) is 3.06. The van der Waals surface area contributed by atoms with E-state index < -0.39 is 29.1 Å². The summed E-state index contributed by atoms with van der Waals surface area (Å²) in [6, 6.07) is 9.40. The van der Waals surface area contributed by atoms with Crippen LogP contribution in [0.4, 0.5) is 13.6 Å². The quantitative estimate of drug-likeness (QED) is 0.710. The van der Waals surface area contributed by atoms with E-state index in [0.29, 0.717) is 16.6 Å². The molecule has 6 nitrogen and oxygen atoms in total. The van der Waals surface area contributed by atoms with Gasteiger partial charge in [0.2, 0.25) is 0 Å². The summed E-state index contributed by atoms with van der Waals surface area (Å²) >= 11 is 0. The van der Waals surface area contributed by atoms with E-state index in [1.807, 2.05) is 0 Å². The van der Waals surface area contributed by atoms with Crippen LogP contribution in [0.5, 0.6) is 0 Å². The molecule has 1 atom stereocenters. The number of urea groups is 1. The van der Waals surface area contributed by atoms with Gasteiger partial charge in [0.25, 0.3) is 5.91 Å². The molecule has 1 N–H and O–H groups in total. The predicted molar refractivity (Wildman–Crippen MR) is 94.9 cm³/mol. The number of hydrogen-bond acceptors (Lipinski definition) is 3. The molecule has 3 amide bonds.